The number of hydrogen-bond acceptors (Lipinski definition) is 3. The molecule has 0 aromatic heterocycles. The Labute approximate surface area is 160 Å². The Morgan fingerprint density at radius 1 is 1.11 bits per heavy atom. The van der Waals surface area contributed by atoms with Crippen molar-refractivity contribution < 1.29 is 22.5 Å². The lowest BCUT2D eigenvalue weighted by Gasteiger charge is -2.36. The van der Waals surface area contributed by atoms with Crippen LogP contribution < -0.4 is 5.46 Å². The van der Waals surface area contributed by atoms with Gasteiger partial charge in [0.25, 0.3) is 0 Å². The van der Waals surface area contributed by atoms with Gasteiger partial charge in [-0.15, -0.1) is 0 Å². The second kappa shape index (κ2) is 6.78. The fourth-order valence-electron chi connectivity index (χ4n) is 3.87. The first-order valence-electron chi connectivity index (χ1n) is 9.59. The van der Waals surface area contributed by atoms with Crippen molar-refractivity contribution >= 4 is 12.6 Å². The smallest absolute Gasteiger partial charge is 0.399 e. The summed E-state index contributed by atoms with van der Waals surface area (Å²) in [6.45, 7) is 10.5. The molecule has 150 valence electrons. The average molecular weight is 383 g/mol. The topological polar surface area (TPSA) is 21.7 Å². The standard InChI is InChI=1S/C20H29BF3NO2/c1-13-11-14(9-10-25(13)6)16-8-7-15(12-17(16)20(22,23)24)21-26-18(2,3)19(4,5)27-21/h7-8,12-14H,9-11H2,1-6H3. The number of halogens is 3. The average Bonchev–Trinajstić information content (AvgIpc) is 2.77. The van der Waals surface area contributed by atoms with E-state index in [4.69, 9.17) is 9.31 Å². The fraction of sp³-hybridized carbons (Fsp3) is 0.700. The van der Waals surface area contributed by atoms with Crippen LogP contribution in [0.4, 0.5) is 13.2 Å². The van der Waals surface area contributed by atoms with Crippen LogP contribution in [0.3, 0.4) is 0 Å². The number of nitrogens with zero attached hydrogens (tertiary/aromatic N) is 1. The first kappa shape index (κ1) is 20.7. The van der Waals surface area contributed by atoms with Crippen molar-refractivity contribution in [3.8, 4) is 0 Å². The van der Waals surface area contributed by atoms with Gasteiger partial charge in [-0.05, 0) is 84.1 Å². The van der Waals surface area contributed by atoms with Crippen LogP contribution >= 0.6 is 0 Å². The van der Waals surface area contributed by atoms with E-state index in [1.54, 1.807) is 12.1 Å². The van der Waals surface area contributed by atoms with Crippen LogP contribution in [-0.4, -0.2) is 42.9 Å². The molecule has 0 bridgehead atoms. The van der Waals surface area contributed by atoms with Gasteiger partial charge < -0.3 is 14.2 Å². The Balaban J connectivity index is 1.94. The summed E-state index contributed by atoms with van der Waals surface area (Å²) in [5, 5.41) is 0. The molecule has 1 aromatic carbocycles. The van der Waals surface area contributed by atoms with Crippen LogP contribution in [0.2, 0.25) is 0 Å². The highest BCUT2D eigenvalue weighted by molar-refractivity contribution is 6.62. The minimum Gasteiger partial charge on any atom is -0.399 e. The molecule has 0 aliphatic carbocycles. The van der Waals surface area contributed by atoms with Gasteiger partial charge in [-0.2, -0.15) is 13.2 Å². The zero-order chi connectivity index (χ0) is 20.2. The van der Waals surface area contributed by atoms with Crippen LogP contribution in [0.1, 0.15) is 64.5 Å². The van der Waals surface area contributed by atoms with Crippen molar-refractivity contribution in [3.63, 3.8) is 0 Å². The Hall–Kier alpha value is -1.05. The number of benzene rings is 1. The third kappa shape index (κ3) is 3.91. The predicted molar refractivity (Wildman–Crippen MR) is 101 cm³/mol. The minimum absolute atomic E-state index is 0.0832. The fourth-order valence-corrected chi connectivity index (χ4v) is 3.87. The van der Waals surface area contributed by atoms with Crippen LogP contribution in [0.5, 0.6) is 0 Å². The molecule has 1 aromatic rings. The first-order chi connectivity index (χ1) is 12.3. The van der Waals surface area contributed by atoms with Crippen molar-refractivity contribution in [1.29, 1.82) is 0 Å². The first-order valence-corrected chi connectivity index (χ1v) is 9.59. The van der Waals surface area contributed by atoms with E-state index in [2.05, 4.69) is 11.8 Å². The summed E-state index contributed by atoms with van der Waals surface area (Å²) in [5.41, 5.74) is -0.916. The largest absolute Gasteiger partial charge is 0.494 e. The highest BCUT2D eigenvalue weighted by Crippen LogP contribution is 2.41. The maximum absolute atomic E-state index is 13.9. The van der Waals surface area contributed by atoms with E-state index in [0.717, 1.165) is 19.4 Å². The van der Waals surface area contributed by atoms with Gasteiger partial charge in [0.15, 0.2) is 0 Å². The van der Waals surface area contributed by atoms with E-state index in [9.17, 15) is 13.2 Å². The maximum Gasteiger partial charge on any atom is 0.494 e. The Bertz CT molecular complexity index is 689. The van der Waals surface area contributed by atoms with Gasteiger partial charge in [0.2, 0.25) is 0 Å². The van der Waals surface area contributed by atoms with E-state index in [0.29, 0.717) is 11.0 Å². The molecule has 0 spiro atoms. The monoisotopic (exact) mass is 383 g/mol. The van der Waals surface area contributed by atoms with Gasteiger partial charge in [0.1, 0.15) is 0 Å². The summed E-state index contributed by atoms with van der Waals surface area (Å²) in [6.07, 6.45) is -2.93. The number of piperidine rings is 1. The van der Waals surface area contributed by atoms with Crippen LogP contribution in [0.15, 0.2) is 18.2 Å². The maximum atomic E-state index is 13.9. The summed E-state index contributed by atoms with van der Waals surface area (Å²) in [6, 6.07) is 4.86. The minimum atomic E-state index is -4.40. The lowest BCUT2D eigenvalue weighted by atomic mass is 9.75. The zero-order valence-corrected chi connectivity index (χ0v) is 17.0. The van der Waals surface area contributed by atoms with Crippen LogP contribution in [0.25, 0.3) is 0 Å². The van der Waals surface area contributed by atoms with E-state index in [-0.39, 0.29) is 12.0 Å². The quantitative estimate of drug-likeness (QED) is 0.715. The normalized spacial score (nSPS) is 28.6. The number of rotatable bonds is 2. The second-order valence-electron chi connectivity index (χ2n) is 8.98. The molecule has 2 unspecified atom stereocenters. The molecule has 0 radical (unpaired) electrons. The van der Waals surface area contributed by atoms with Gasteiger partial charge in [-0.3, -0.25) is 0 Å². The molecule has 27 heavy (non-hydrogen) atoms. The highest BCUT2D eigenvalue weighted by atomic mass is 19.4. The Morgan fingerprint density at radius 3 is 2.22 bits per heavy atom. The molecular formula is C20H29BF3NO2. The van der Waals surface area contributed by atoms with E-state index in [1.165, 1.54) is 6.07 Å². The molecule has 0 N–H and O–H groups in total. The van der Waals surface area contributed by atoms with E-state index in [1.807, 2.05) is 34.7 Å². The molecule has 2 aliphatic rings. The zero-order valence-electron chi connectivity index (χ0n) is 17.0. The molecule has 2 fully saturated rings. The van der Waals surface area contributed by atoms with E-state index < -0.39 is 30.1 Å². The molecule has 0 saturated carbocycles. The summed E-state index contributed by atoms with van der Waals surface area (Å²) in [4.78, 5) is 2.20. The van der Waals surface area contributed by atoms with E-state index >= 15 is 0 Å². The molecule has 3 rings (SSSR count). The van der Waals surface area contributed by atoms with Crippen molar-refractivity contribution in [1.82, 2.24) is 4.90 Å². The van der Waals surface area contributed by atoms with Crippen molar-refractivity contribution in [2.75, 3.05) is 13.6 Å². The summed E-state index contributed by atoms with van der Waals surface area (Å²) < 4.78 is 53.4. The molecule has 7 heteroatoms. The number of likely N-dealkylation sites (tertiary alicyclic amines) is 1. The van der Waals surface area contributed by atoms with Crippen molar-refractivity contribution in [3.05, 3.63) is 29.3 Å². The molecule has 2 aliphatic heterocycles. The molecule has 2 heterocycles. The predicted octanol–water partition coefficient (Wildman–Crippen LogP) is 4.20. The second-order valence-corrected chi connectivity index (χ2v) is 8.98. The lowest BCUT2D eigenvalue weighted by molar-refractivity contribution is -0.138. The third-order valence-corrected chi connectivity index (χ3v) is 6.56. The molecule has 3 nitrogen and oxygen atoms in total. The van der Waals surface area contributed by atoms with Gasteiger partial charge in [0, 0.05) is 6.04 Å². The molecular weight excluding hydrogens is 354 g/mol. The highest BCUT2D eigenvalue weighted by Gasteiger charge is 2.52. The molecule has 2 saturated heterocycles. The number of alkyl halides is 3. The summed E-state index contributed by atoms with van der Waals surface area (Å²) >= 11 is 0. The number of hydrogen-bond donors (Lipinski definition) is 0. The Kier molecular flexibility index (Phi) is 5.19. The van der Waals surface area contributed by atoms with Gasteiger partial charge >= 0.3 is 13.3 Å². The third-order valence-electron chi connectivity index (χ3n) is 6.56. The van der Waals surface area contributed by atoms with Crippen LogP contribution in [0, 0.1) is 0 Å². The molecule has 0 amide bonds. The summed E-state index contributed by atoms with van der Waals surface area (Å²) in [5.74, 6) is -0.0832. The van der Waals surface area contributed by atoms with Crippen molar-refractivity contribution in [2.24, 2.45) is 0 Å². The Morgan fingerprint density at radius 2 is 1.70 bits per heavy atom. The van der Waals surface area contributed by atoms with Gasteiger partial charge in [0.05, 0.1) is 16.8 Å². The van der Waals surface area contributed by atoms with Crippen molar-refractivity contribution in [2.45, 2.75) is 76.8 Å². The SMILES string of the molecule is CC1CC(c2ccc(B3OC(C)(C)C(C)(C)O3)cc2C(F)(F)F)CCN1C. The lowest BCUT2D eigenvalue weighted by Crippen LogP contribution is -2.41. The van der Waals surface area contributed by atoms with Gasteiger partial charge in [-0.25, -0.2) is 0 Å². The van der Waals surface area contributed by atoms with Gasteiger partial charge in [-0.1, -0.05) is 12.1 Å². The molecule has 2 atom stereocenters. The summed E-state index contributed by atoms with van der Waals surface area (Å²) in [7, 11) is 1.23. The van der Waals surface area contributed by atoms with Crippen LogP contribution in [-0.2, 0) is 15.5 Å².